The first kappa shape index (κ1) is 31.1. The molecule has 0 atom stereocenters. The van der Waals surface area contributed by atoms with Crippen LogP contribution in [-0.2, 0) is 16.0 Å². The number of hydrogen-bond acceptors (Lipinski definition) is 2. The minimum absolute atomic E-state index is 0. The van der Waals surface area contributed by atoms with Gasteiger partial charge in [0.2, 0.25) is 5.91 Å². The third kappa shape index (κ3) is 11.8. The van der Waals surface area contributed by atoms with Crippen LogP contribution in [0.4, 0.5) is 0 Å². The molecule has 0 bridgehead atoms. The fraction of sp³-hybridized carbons (Fsp3) is 0.333. The molecule has 2 rings (SSSR count). The molecule has 0 saturated carbocycles. The number of aldehydes is 1. The van der Waals surface area contributed by atoms with Crippen LogP contribution in [0.5, 0.6) is 0 Å². The molecule has 1 aliphatic heterocycles. The van der Waals surface area contributed by atoms with Gasteiger partial charge in [-0.25, -0.2) is 0 Å². The first-order valence-electron chi connectivity index (χ1n) is 8.36. The van der Waals surface area contributed by atoms with Crippen LogP contribution in [-0.4, -0.2) is 36.7 Å². The van der Waals surface area contributed by atoms with Crippen LogP contribution in [0.25, 0.3) is 5.32 Å². The predicted molar refractivity (Wildman–Crippen MR) is 112 cm³/mol. The first-order chi connectivity index (χ1) is 12.0. The van der Waals surface area contributed by atoms with Crippen molar-refractivity contribution in [3.05, 3.63) is 78.4 Å². The van der Waals surface area contributed by atoms with E-state index in [1.807, 2.05) is 38.1 Å². The number of carbonyl (C=O) groups is 2. The molecule has 0 N–H and O–H groups in total. The second-order valence-electron chi connectivity index (χ2n) is 4.88. The van der Waals surface area contributed by atoms with E-state index >= 15 is 0 Å². The molecule has 1 fully saturated rings. The van der Waals surface area contributed by atoms with E-state index in [1.165, 1.54) is 11.6 Å². The summed E-state index contributed by atoms with van der Waals surface area (Å²) < 4.78 is 0. The predicted octanol–water partition coefficient (Wildman–Crippen LogP) is 2.06. The molecule has 0 spiro atoms. The van der Waals surface area contributed by atoms with Crippen LogP contribution < -0.4 is 51.4 Å². The van der Waals surface area contributed by atoms with Crippen molar-refractivity contribution in [2.24, 2.45) is 0 Å². The number of hydrogen-bond donors (Lipinski definition) is 0. The maximum absolute atomic E-state index is 11.3. The van der Waals surface area contributed by atoms with Crippen LogP contribution in [0.15, 0.2) is 48.2 Å². The summed E-state index contributed by atoms with van der Waals surface area (Å²) in [6.45, 7) is 14.5. The molecule has 6 heteroatoms. The second-order valence-corrected chi connectivity index (χ2v) is 5.29. The van der Waals surface area contributed by atoms with E-state index in [0.29, 0.717) is 37.2 Å². The fourth-order valence-corrected chi connectivity index (χ4v) is 2.26. The van der Waals surface area contributed by atoms with Crippen LogP contribution in [0.3, 0.4) is 0 Å². The quantitative estimate of drug-likeness (QED) is 0.328. The molecule has 1 aliphatic rings. The van der Waals surface area contributed by atoms with Crippen LogP contribution >= 0.6 is 11.6 Å². The summed E-state index contributed by atoms with van der Waals surface area (Å²) in [5.41, 5.74) is 2.15. The Morgan fingerprint density at radius 1 is 1.37 bits per heavy atom. The number of amides is 1. The topological polar surface area (TPSA) is 51.5 Å². The molecule has 27 heavy (non-hydrogen) atoms. The normalized spacial score (nSPS) is 13.6. The Hall–Kier alpha value is -0.564. The largest absolute Gasteiger partial charge is 1.00 e. The van der Waals surface area contributed by atoms with Crippen molar-refractivity contribution in [1.82, 2.24) is 4.90 Å². The van der Waals surface area contributed by atoms with E-state index in [9.17, 15) is 9.59 Å². The molecule has 4 nitrogen and oxygen atoms in total. The van der Waals surface area contributed by atoms with Gasteiger partial charge in [-0.2, -0.15) is 12.5 Å². The van der Waals surface area contributed by atoms with Crippen LogP contribution in [0, 0.1) is 14.4 Å². The van der Waals surface area contributed by atoms with E-state index in [-0.39, 0.29) is 64.7 Å². The van der Waals surface area contributed by atoms with E-state index in [2.05, 4.69) is 25.7 Å². The third-order valence-corrected chi connectivity index (χ3v) is 3.72. The number of allylic oxidation sites excluding steroid dienone is 1. The summed E-state index contributed by atoms with van der Waals surface area (Å²) in [6, 6.07) is 7.91. The van der Waals surface area contributed by atoms with E-state index < -0.39 is 0 Å². The van der Waals surface area contributed by atoms with Gasteiger partial charge in [-0.15, -0.1) is 6.54 Å². The first-order valence-corrected chi connectivity index (χ1v) is 8.73. The number of aryl methyl sites for hydroxylation is 1. The van der Waals surface area contributed by atoms with E-state index in [4.69, 9.17) is 11.6 Å². The van der Waals surface area contributed by atoms with Crippen LogP contribution in [0.1, 0.15) is 26.3 Å². The van der Waals surface area contributed by atoms with Crippen molar-refractivity contribution in [2.75, 3.05) is 19.6 Å². The summed E-state index contributed by atoms with van der Waals surface area (Å²) in [4.78, 5) is 23.3. The Balaban J connectivity index is -0.000000388. The molecule has 0 unspecified atom stereocenters. The zero-order valence-electron chi connectivity index (χ0n) is 17.3. The van der Waals surface area contributed by atoms with Gasteiger partial charge in [-0.3, -0.25) is 10.5 Å². The van der Waals surface area contributed by atoms with Gasteiger partial charge in [-0.05, 0) is 30.7 Å². The van der Waals surface area contributed by atoms with Gasteiger partial charge in [0.05, 0.1) is 0 Å². The molecule has 1 aromatic rings. The smallest absolute Gasteiger partial charge is 0.743 e. The van der Waals surface area contributed by atoms with Gasteiger partial charge in [-0.1, -0.05) is 57.2 Å². The Morgan fingerprint density at radius 2 is 1.96 bits per heavy atom. The van der Waals surface area contributed by atoms with Gasteiger partial charge >= 0.3 is 51.4 Å². The molecular formula is C21H30ClKN2O2-2. The summed E-state index contributed by atoms with van der Waals surface area (Å²) in [5.74, 6) is -0.143. The molecule has 0 radical (unpaired) electrons. The fourth-order valence-electron chi connectivity index (χ4n) is 1.99. The summed E-state index contributed by atoms with van der Waals surface area (Å²) in [5, 5.41) is 5.00. The molecule has 1 aromatic carbocycles. The Bertz CT molecular complexity index is 604. The molecule has 1 heterocycles. The standard InChI is InChI=1S/C10H13N2O2.C8H9Cl.C2H6.CH3.K/c1-3-10(14)12-5-4-11-9(6-12)8(2)7-13;1-2-7-5-3-4-6-8(7)9;1-2;;/h3,7H,1-2,4-6H2,(H,11,13);3-6H,2H2,1H3;1-2H3;1H3;/q-1;;;-1;+1/p-1. The number of nitrogens with zero attached hydrogens (tertiary/aromatic N) is 2. The maximum atomic E-state index is 11.3. The number of halogens is 1. The molecule has 0 aromatic heterocycles. The molecule has 146 valence electrons. The van der Waals surface area contributed by atoms with Gasteiger partial charge in [0, 0.05) is 17.9 Å². The summed E-state index contributed by atoms with van der Waals surface area (Å²) in [6.07, 6.45) is 2.92. The molecule has 0 aliphatic carbocycles. The SMILES string of the molecule is C=CC(=O)N1CC[N-]/C(=C(\[CH2-])C=O)C1.CC.CCc1ccccc1Cl.[CH3-].[K+]. The number of piperazine rings is 1. The number of carbonyl (C=O) groups excluding carboxylic acids is 2. The number of rotatable bonds is 3. The monoisotopic (exact) mass is 416 g/mol. The van der Waals surface area contributed by atoms with Crippen molar-refractivity contribution >= 4 is 23.8 Å². The van der Waals surface area contributed by atoms with Gasteiger partial charge in [0.15, 0.2) is 0 Å². The van der Waals surface area contributed by atoms with Gasteiger partial charge in [0.1, 0.15) is 0 Å². The van der Waals surface area contributed by atoms with E-state index in [1.54, 1.807) is 4.90 Å². The Labute approximate surface area is 212 Å². The van der Waals surface area contributed by atoms with Gasteiger partial charge < -0.3 is 22.4 Å². The summed E-state index contributed by atoms with van der Waals surface area (Å²) in [7, 11) is 0. The minimum atomic E-state index is -0.143. The second kappa shape index (κ2) is 18.8. The molecular weight excluding hydrogens is 387 g/mol. The zero-order valence-corrected chi connectivity index (χ0v) is 21.2. The van der Waals surface area contributed by atoms with Crippen molar-refractivity contribution < 1.29 is 61.0 Å². The van der Waals surface area contributed by atoms with Gasteiger partial charge in [0.25, 0.3) is 0 Å². The number of benzene rings is 1. The Morgan fingerprint density at radius 3 is 2.41 bits per heavy atom. The third-order valence-electron chi connectivity index (χ3n) is 3.35. The average molecular weight is 417 g/mol. The zero-order chi connectivity index (χ0) is 19.2. The van der Waals surface area contributed by atoms with Crippen molar-refractivity contribution in [3.8, 4) is 0 Å². The van der Waals surface area contributed by atoms with Crippen LogP contribution in [0.2, 0.25) is 5.02 Å². The van der Waals surface area contributed by atoms with Crippen molar-refractivity contribution in [1.29, 1.82) is 0 Å². The maximum Gasteiger partial charge on any atom is 1.00 e. The molecule has 1 amide bonds. The average Bonchev–Trinajstić information content (AvgIpc) is 2.69. The Kier molecular flexibility index (Phi) is 21.7. The summed E-state index contributed by atoms with van der Waals surface area (Å²) >= 11 is 5.82. The van der Waals surface area contributed by atoms with Crippen molar-refractivity contribution in [2.45, 2.75) is 27.2 Å². The van der Waals surface area contributed by atoms with Crippen molar-refractivity contribution in [3.63, 3.8) is 0 Å². The van der Waals surface area contributed by atoms with E-state index in [0.717, 1.165) is 11.4 Å². The molecule has 1 saturated heterocycles. The minimum Gasteiger partial charge on any atom is -0.743 e.